The molecular formula is C11H22N2O2S. The summed E-state index contributed by atoms with van der Waals surface area (Å²) in [5, 5.41) is 0. The molecule has 1 aliphatic rings. The minimum Gasteiger partial charge on any atom is -0.202 e. The Hall–Kier alpha value is -0.390. The molecule has 0 aromatic rings. The van der Waals surface area contributed by atoms with Crippen LogP contribution in [0.1, 0.15) is 45.4 Å². The van der Waals surface area contributed by atoms with Crippen molar-refractivity contribution in [1.82, 2.24) is 9.44 Å². The molecule has 0 spiro atoms. The van der Waals surface area contributed by atoms with Crippen molar-refractivity contribution in [2.75, 3.05) is 13.1 Å². The summed E-state index contributed by atoms with van der Waals surface area (Å²) < 4.78 is 27.8. The second-order valence-corrected chi connectivity index (χ2v) is 5.73. The van der Waals surface area contributed by atoms with Gasteiger partial charge in [-0.15, -0.1) is 0 Å². The molecule has 16 heavy (non-hydrogen) atoms. The number of rotatable bonds is 7. The van der Waals surface area contributed by atoms with Gasteiger partial charge in [-0.05, 0) is 38.5 Å². The van der Waals surface area contributed by atoms with Crippen molar-refractivity contribution in [2.45, 2.75) is 45.4 Å². The smallest absolute Gasteiger partial charge is 0.202 e. The van der Waals surface area contributed by atoms with Gasteiger partial charge in [-0.3, -0.25) is 0 Å². The van der Waals surface area contributed by atoms with Gasteiger partial charge in [0.2, 0.25) is 0 Å². The Morgan fingerprint density at radius 2 is 2.00 bits per heavy atom. The summed E-state index contributed by atoms with van der Waals surface area (Å²) in [5.41, 5.74) is 1.39. The Bertz CT molecular complexity index is 323. The number of hydrogen-bond acceptors (Lipinski definition) is 2. The lowest BCUT2D eigenvalue weighted by Crippen LogP contribution is -2.37. The molecule has 0 bridgehead atoms. The van der Waals surface area contributed by atoms with Gasteiger partial charge in [-0.2, -0.15) is 8.42 Å². The van der Waals surface area contributed by atoms with Crippen LogP contribution in [0.4, 0.5) is 0 Å². The summed E-state index contributed by atoms with van der Waals surface area (Å²) in [6.45, 7) is 2.94. The highest BCUT2D eigenvalue weighted by Crippen LogP contribution is 2.19. The van der Waals surface area contributed by atoms with Gasteiger partial charge in [0, 0.05) is 13.1 Å². The molecular weight excluding hydrogens is 224 g/mol. The maximum Gasteiger partial charge on any atom is 0.276 e. The maximum absolute atomic E-state index is 11.4. The first-order chi connectivity index (χ1) is 7.64. The van der Waals surface area contributed by atoms with Crippen molar-refractivity contribution in [1.29, 1.82) is 0 Å². The van der Waals surface area contributed by atoms with Crippen LogP contribution in [0.5, 0.6) is 0 Å². The molecule has 0 atom stereocenters. The van der Waals surface area contributed by atoms with Gasteiger partial charge in [0.15, 0.2) is 0 Å². The molecule has 0 unspecified atom stereocenters. The molecule has 0 saturated heterocycles. The van der Waals surface area contributed by atoms with Gasteiger partial charge in [0.25, 0.3) is 10.2 Å². The fourth-order valence-corrected chi connectivity index (χ4v) is 2.71. The highest BCUT2D eigenvalue weighted by atomic mass is 32.2. The van der Waals surface area contributed by atoms with Crippen molar-refractivity contribution in [3.05, 3.63) is 11.6 Å². The zero-order valence-electron chi connectivity index (χ0n) is 9.96. The van der Waals surface area contributed by atoms with Crippen molar-refractivity contribution in [3.63, 3.8) is 0 Å². The minimum absolute atomic E-state index is 0.498. The average molecular weight is 246 g/mol. The summed E-state index contributed by atoms with van der Waals surface area (Å²) >= 11 is 0. The third-order valence-corrected chi connectivity index (χ3v) is 3.83. The van der Waals surface area contributed by atoms with E-state index in [0.717, 1.165) is 25.7 Å². The first kappa shape index (κ1) is 13.7. The van der Waals surface area contributed by atoms with Gasteiger partial charge in [0.1, 0.15) is 0 Å². The Kier molecular flexibility index (Phi) is 6.01. The quantitative estimate of drug-likeness (QED) is 0.672. The summed E-state index contributed by atoms with van der Waals surface area (Å²) in [6, 6.07) is 0. The predicted molar refractivity (Wildman–Crippen MR) is 66.4 cm³/mol. The van der Waals surface area contributed by atoms with Crippen LogP contribution in [-0.4, -0.2) is 21.5 Å². The highest BCUT2D eigenvalue weighted by molar-refractivity contribution is 7.87. The Morgan fingerprint density at radius 3 is 2.62 bits per heavy atom. The molecule has 0 amide bonds. The van der Waals surface area contributed by atoms with E-state index in [2.05, 4.69) is 15.5 Å². The van der Waals surface area contributed by atoms with Gasteiger partial charge >= 0.3 is 0 Å². The molecule has 1 rings (SSSR count). The van der Waals surface area contributed by atoms with Crippen LogP contribution in [-0.2, 0) is 10.2 Å². The molecule has 1 aliphatic carbocycles. The third-order valence-electron chi connectivity index (χ3n) is 2.67. The van der Waals surface area contributed by atoms with E-state index in [9.17, 15) is 8.42 Å². The second-order valence-electron chi connectivity index (χ2n) is 4.15. The van der Waals surface area contributed by atoms with E-state index in [0.29, 0.717) is 13.1 Å². The number of hydrogen-bond donors (Lipinski definition) is 2. The molecule has 0 aromatic heterocycles. The SMILES string of the molecule is CCCNS(=O)(=O)NCCC1=CCCCC1. The van der Waals surface area contributed by atoms with E-state index in [1.807, 2.05) is 6.92 Å². The summed E-state index contributed by atoms with van der Waals surface area (Å²) in [4.78, 5) is 0. The summed E-state index contributed by atoms with van der Waals surface area (Å²) in [7, 11) is -3.27. The van der Waals surface area contributed by atoms with Crippen LogP contribution in [0.15, 0.2) is 11.6 Å². The van der Waals surface area contributed by atoms with E-state index in [4.69, 9.17) is 0 Å². The van der Waals surface area contributed by atoms with E-state index >= 15 is 0 Å². The van der Waals surface area contributed by atoms with Gasteiger partial charge in [-0.1, -0.05) is 18.6 Å². The first-order valence-corrected chi connectivity index (χ1v) is 7.54. The van der Waals surface area contributed by atoms with Gasteiger partial charge in [-0.25, -0.2) is 9.44 Å². The first-order valence-electron chi connectivity index (χ1n) is 6.06. The highest BCUT2D eigenvalue weighted by Gasteiger charge is 2.08. The van der Waals surface area contributed by atoms with E-state index in [1.54, 1.807) is 0 Å². The van der Waals surface area contributed by atoms with Crippen molar-refractivity contribution < 1.29 is 8.42 Å². The van der Waals surface area contributed by atoms with E-state index in [1.165, 1.54) is 18.4 Å². The zero-order chi connectivity index (χ0) is 11.9. The topological polar surface area (TPSA) is 58.2 Å². The number of allylic oxidation sites excluding steroid dienone is 1. The summed E-state index contributed by atoms with van der Waals surface area (Å²) in [6.07, 6.45) is 8.69. The van der Waals surface area contributed by atoms with Crippen LogP contribution in [0.3, 0.4) is 0 Å². The lowest BCUT2D eigenvalue weighted by atomic mass is 9.97. The maximum atomic E-state index is 11.4. The van der Waals surface area contributed by atoms with Crippen molar-refractivity contribution in [3.8, 4) is 0 Å². The molecule has 5 heteroatoms. The molecule has 2 N–H and O–H groups in total. The van der Waals surface area contributed by atoms with Crippen LogP contribution >= 0.6 is 0 Å². The second kappa shape index (κ2) is 7.04. The Balaban J connectivity index is 2.21. The summed E-state index contributed by atoms with van der Waals surface area (Å²) in [5.74, 6) is 0. The van der Waals surface area contributed by atoms with Crippen LogP contribution in [0, 0.1) is 0 Å². The molecule has 0 fully saturated rings. The van der Waals surface area contributed by atoms with Crippen LogP contribution in [0.25, 0.3) is 0 Å². The molecule has 94 valence electrons. The average Bonchev–Trinajstić information content (AvgIpc) is 2.28. The Morgan fingerprint density at radius 1 is 1.25 bits per heavy atom. The predicted octanol–water partition coefficient (Wildman–Crippen LogP) is 1.71. The molecule has 0 aliphatic heterocycles. The van der Waals surface area contributed by atoms with Gasteiger partial charge < -0.3 is 0 Å². The van der Waals surface area contributed by atoms with Gasteiger partial charge in [0.05, 0.1) is 0 Å². The van der Waals surface area contributed by atoms with Crippen LogP contribution < -0.4 is 9.44 Å². The molecule has 0 heterocycles. The fourth-order valence-electron chi connectivity index (χ4n) is 1.77. The molecule has 0 saturated carbocycles. The van der Waals surface area contributed by atoms with E-state index < -0.39 is 10.2 Å². The van der Waals surface area contributed by atoms with Crippen molar-refractivity contribution in [2.24, 2.45) is 0 Å². The largest absolute Gasteiger partial charge is 0.276 e. The van der Waals surface area contributed by atoms with E-state index in [-0.39, 0.29) is 0 Å². The molecule has 0 aromatic carbocycles. The van der Waals surface area contributed by atoms with Crippen molar-refractivity contribution >= 4 is 10.2 Å². The Labute approximate surface area is 98.7 Å². The third kappa shape index (κ3) is 5.63. The zero-order valence-corrected chi connectivity index (χ0v) is 10.8. The normalized spacial score (nSPS) is 17.2. The number of nitrogens with one attached hydrogen (secondary N) is 2. The standard InChI is InChI=1S/C11H22N2O2S/c1-2-9-12-16(14,15)13-10-8-11-6-4-3-5-7-11/h6,12-13H,2-5,7-10H2,1H3. The molecule has 4 nitrogen and oxygen atoms in total. The lowest BCUT2D eigenvalue weighted by Gasteiger charge is -2.13. The monoisotopic (exact) mass is 246 g/mol. The lowest BCUT2D eigenvalue weighted by molar-refractivity contribution is 0.564. The fraction of sp³-hybridized carbons (Fsp3) is 0.818. The van der Waals surface area contributed by atoms with Crippen LogP contribution in [0.2, 0.25) is 0 Å². The molecule has 0 radical (unpaired) electrons. The minimum atomic E-state index is -3.27.